The third kappa shape index (κ3) is 2.08. The van der Waals surface area contributed by atoms with Crippen LogP contribution in [0.15, 0.2) is 30.3 Å². The number of anilines is 1. The Labute approximate surface area is 114 Å². The molecule has 0 aliphatic carbocycles. The maximum absolute atomic E-state index is 5.80. The molecule has 1 saturated heterocycles. The molecule has 0 bridgehead atoms. The molecule has 1 aromatic heterocycles. The fourth-order valence-electron chi connectivity index (χ4n) is 3.09. The van der Waals surface area contributed by atoms with Crippen LogP contribution in [0.25, 0.3) is 10.9 Å². The predicted molar refractivity (Wildman–Crippen MR) is 80.3 cm³/mol. The average molecular weight is 255 g/mol. The first kappa shape index (κ1) is 12.4. The van der Waals surface area contributed by atoms with Gasteiger partial charge in [0.25, 0.3) is 0 Å². The Kier molecular flexibility index (Phi) is 2.94. The van der Waals surface area contributed by atoms with Crippen molar-refractivity contribution in [2.45, 2.75) is 38.8 Å². The van der Waals surface area contributed by atoms with Crippen LogP contribution in [0.5, 0.6) is 0 Å². The zero-order valence-corrected chi connectivity index (χ0v) is 11.7. The first-order valence-corrected chi connectivity index (χ1v) is 6.98. The van der Waals surface area contributed by atoms with E-state index in [0.29, 0.717) is 6.54 Å². The SMILES string of the molecule is CC1(C)CCCN1c1cc(CN)nc2ccccc12. The van der Waals surface area contributed by atoms with E-state index < -0.39 is 0 Å². The smallest absolute Gasteiger partial charge is 0.0726 e. The Morgan fingerprint density at radius 3 is 2.79 bits per heavy atom. The van der Waals surface area contributed by atoms with Gasteiger partial charge in [-0.05, 0) is 38.8 Å². The molecule has 0 saturated carbocycles. The minimum atomic E-state index is 0.218. The summed E-state index contributed by atoms with van der Waals surface area (Å²) in [5, 5.41) is 1.23. The molecule has 19 heavy (non-hydrogen) atoms. The van der Waals surface area contributed by atoms with E-state index in [4.69, 9.17) is 5.73 Å². The van der Waals surface area contributed by atoms with E-state index in [9.17, 15) is 0 Å². The van der Waals surface area contributed by atoms with Crippen molar-refractivity contribution in [1.82, 2.24) is 4.98 Å². The maximum Gasteiger partial charge on any atom is 0.0726 e. The second-order valence-corrected chi connectivity index (χ2v) is 5.92. The van der Waals surface area contributed by atoms with E-state index in [1.165, 1.54) is 23.9 Å². The summed E-state index contributed by atoms with van der Waals surface area (Å²) in [4.78, 5) is 7.13. The molecule has 3 rings (SSSR count). The minimum Gasteiger partial charge on any atom is -0.366 e. The number of nitrogens with two attached hydrogens (primary N) is 1. The van der Waals surface area contributed by atoms with Gasteiger partial charge in [-0.25, -0.2) is 0 Å². The molecule has 0 unspecified atom stereocenters. The maximum atomic E-state index is 5.80. The summed E-state index contributed by atoms with van der Waals surface area (Å²) in [7, 11) is 0. The Balaban J connectivity index is 2.21. The van der Waals surface area contributed by atoms with Crippen LogP contribution in [0.3, 0.4) is 0 Å². The van der Waals surface area contributed by atoms with Gasteiger partial charge in [0.15, 0.2) is 0 Å². The molecular weight excluding hydrogens is 234 g/mol. The Morgan fingerprint density at radius 1 is 1.32 bits per heavy atom. The molecule has 3 nitrogen and oxygen atoms in total. The monoisotopic (exact) mass is 255 g/mol. The molecule has 3 heteroatoms. The highest BCUT2D eigenvalue weighted by atomic mass is 15.2. The van der Waals surface area contributed by atoms with Crippen molar-refractivity contribution >= 4 is 16.6 Å². The van der Waals surface area contributed by atoms with Crippen molar-refractivity contribution in [3.63, 3.8) is 0 Å². The van der Waals surface area contributed by atoms with Crippen LogP contribution in [0.2, 0.25) is 0 Å². The number of para-hydroxylation sites is 1. The highest BCUT2D eigenvalue weighted by Crippen LogP contribution is 2.37. The van der Waals surface area contributed by atoms with E-state index in [-0.39, 0.29) is 5.54 Å². The molecule has 0 amide bonds. The molecule has 2 N–H and O–H groups in total. The molecule has 1 aromatic carbocycles. The van der Waals surface area contributed by atoms with Gasteiger partial charge in [0, 0.05) is 29.7 Å². The minimum absolute atomic E-state index is 0.218. The van der Waals surface area contributed by atoms with Crippen molar-refractivity contribution < 1.29 is 0 Å². The highest BCUT2D eigenvalue weighted by molar-refractivity contribution is 5.92. The second-order valence-electron chi connectivity index (χ2n) is 5.92. The molecule has 2 aromatic rings. The summed E-state index contributed by atoms with van der Waals surface area (Å²) in [5.74, 6) is 0. The fourth-order valence-corrected chi connectivity index (χ4v) is 3.09. The summed E-state index contributed by atoms with van der Waals surface area (Å²) < 4.78 is 0. The normalized spacial score (nSPS) is 18.2. The predicted octanol–water partition coefficient (Wildman–Crippen LogP) is 3.07. The zero-order chi connectivity index (χ0) is 13.5. The third-order valence-electron chi connectivity index (χ3n) is 4.15. The lowest BCUT2D eigenvalue weighted by Gasteiger charge is -2.34. The number of aromatic nitrogens is 1. The quantitative estimate of drug-likeness (QED) is 0.896. The summed E-state index contributed by atoms with van der Waals surface area (Å²) in [5.41, 5.74) is 9.31. The van der Waals surface area contributed by atoms with Crippen LogP contribution in [0, 0.1) is 0 Å². The van der Waals surface area contributed by atoms with Crippen LogP contribution < -0.4 is 10.6 Å². The van der Waals surface area contributed by atoms with E-state index >= 15 is 0 Å². The highest BCUT2D eigenvalue weighted by Gasteiger charge is 2.33. The zero-order valence-electron chi connectivity index (χ0n) is 11.7. The number of pyridine rings is 1. The topological polar surface area (TPSA) is 42.1 Å². The van der Waals surface area contributed by atoms with Crippen LogP contribution >= 0.6 is 0 Å². The number of fused-ring (bicyclic) bond motifs is 1. The van der Waals surface area contributed by atoms with Gasteiger partial charge >= 0.3 is 0 Å². The van der Waals surface area contributed by atoms with Gasteiger partial charge in [-0.15, -0.1) is 0 Å². The van der Waals surface area contributed by atoms with E-state index in [1.807, 2.05) is 6.07 Å². The van der Waals surface area contributed by atoms with Crippen LogP contribution in [0.4, 0.5) is 5.69 Å². The number of hydrogen-bond acceptors (Lipinski definition) is 3. The number of benzene rings is 1. The lowest BCUT2D eigenvalue weighted by Crippen LogP contribution is -2.38. The summed E-state index contributed by atoms with van der Waals surface area (Å²) >= 11 is 0. The van der Waals surface area contributed by atoms with Gasteiger partial charge in [0.1, 0.15) is 0 Å². The Hall–Kier alpha value is -1.61. The summed E-state index contributed by atoms with van der Waals surface area (Å²) in [6, 6.07) is 10.5. The fraction of sp³-hybridized carbons (Fsp3) is 0.438. The largest absolute Gasteiger partial charge is 0.366 e. The van der Waals surface area contributed by atoms with Crippen molar-refractivity contribution in [2.24, 2.45) is 5.73 Å². The molecule has 100 valence electrons. The van der Waals surface area contributed by atoms with Crippen molar-refractivity contribution in [3.05, 3.63) is 36.0 Å². The molecule has 0 atom stereocenters. The van der Waals surface area contributed by atoms with Crippen LogP contribution in [0.1, 0.15) is 32.4 Å². The van der Waals surface area contributed by atoms with E-state index in [1.54, 1.807) is 0 Å². The van der Waals surface area contributed by atoms with Crippen molar-refractivity contribution in [1.29, 1.82) is 0 Å². The molecule has 1 aliphatic heterocycles. The number of hydrogen-bond donors (Lipinski definition) is 1. The van der Waals surface area contributed by atoms with Crippen LogP contribution in [-0.4, -0.2) is 17.1 Å². The summed E-state index contributed by atoms with van der Waals surface area (Å²) in [6.07, 6.45) is 2.49. The molecule has 0 spiro atoms. The Morgan fingerprint density at radius 2 is 2.11 bits per heavy atom. The van der Waals surface area contributed by atoms with Gasteiger partial charge in [-0.2, -0.15) is 0 Å². The first-order chi connectivity index (χ1) is 9.12. The standard InChI is InChI=1S/C16H21N3/c1-16(2)8-5-9-19(16)15-10-12(11-17)18-14-7-4-3-6-13(14)15/h3-4,6-7,10H,5,8-9,11,17H2,1-2H3. The lowest BCUT2D eigenvalue weighted by atomic mass is 10.0. The average Bonchev–Trinajstić information content (AvgIpc) is 2.77. The van der Waals surface area contributed by atoms with Crippen molar-refractivity contribution in [3.8, 4) is 0 Å². The molecule has 1 fully saturated rings. The summed E-state index contributed by atoms with van der Waals surface area (Å²) in [6.45, 7) is 6.24. The molecule has 1 aliphatic rings. The van der Waals surface area contributed by atoms with Crippen molar-refractivity contribution in [2.75, 3.05) is 11.4 Å². The van der Waals surface area contributed by atoms with Gasteiger partial charge in [-0.1, -0.05) is 18.2 Å². The van der Waals surface area contributed by atoms with Gasteiger partial charge < -0.3 is 10.6 Å². The first-order valence-electron chi connectivity index (χ1n) is 6.98. The molecule has 0 radical (unpaired) electrons. The second kappa shape index (κ2) is 4.49. The number of rotatable bonds is 2. The van der Waals surface area contributed by atoms with Crippen LogP contribution in [-0.2, 0) is 6.54 Å². The van der Waals surface area contributed by atoms with E-state index in [0.717, 1.165) is 17.8 Å². The van der Waals surface area contributed by atoms with Gasteiger partial charge in [-0.3, -0.25) is 4.98 Å². The molecular formula is C16H21N3. The lowest BCUT2D eigenvalue weighted by molar-refractivity contribution is 0.519. The Bertz CT molecular complexity index is 604. The van der Waals surface area contributed by atoms with Gasteiger partial charge in [0.2, 0.25) is 0 Å². The van der Waals surface area contributed by atoms with Gasteiger partial charge in [0.05, 0.1) is 11.2 Å². The molecule has 2 heterocycles. The third-order valence-corrected chi connectivity index (χ3v) is 4.15. The van der Waals surface area contributed by atoms with E-state index in [2.05, 4.69) is 48.0 Å². The number of nitrogens with zero attached hydrogens (tertiary/aromatic N) is 2.